The van der Waals surface area contributed by atoms with Crippen LogP contribution in [0.5, 0.6) is 5.75 Å². The summed E-state index contributed by atoms with van der Waals surface area (Å²) in [5.74, 6) is 0.604. The number of benzene rings is 2. The molecule has 3 rings (SSSR count). The molecule has 5 nitrogen and oxygen atoms in total. The average Bonchev–Trinajstić information content (AvgIpc) is 2.61. The Bertz CT molecular complexity index is 1000. The minimum atomic E-state index is -3.69. The number of nitrogens with zero attached hydrogens (tertiary/aromatic N) is 1. The molecule has 0 unspecified atom stereocenters. The zero-order chi connectivity index (χ0) is 17.9. The number of nitrogens with one attached hydrogen (secondary N) is 1. The van der Waals surface area contributed by atoms with Crippen LogP contribution in [0.2, 0.25) is 10.0 Å². The maximum Gasteiger partial charge on any atom is 0.240 e. The monoisotopic (exact) mass is 396 g/mol. The first kappa shape index (κ1) is 17.9. The normalized spacial score (nSPS) is 11.6. The molecule has 0 radical (unpaired) electrons. The van der Waals surface area contributed by atoms with Gasteiger partial charge in [-0.25, -0.2) is 13.1 Å². The average molecular weight is 397 g/mol. The van der Waals surface area contributed by atoms with E-state index in [1.807, 2.05) is 24.3 Å². The second-order valence-corrected chi connectivity index (χ2v) is 7.73. The lowest BCUT2D eigenvalue weighted by atomic mass is 10.2. The Morgan fingerprint density at radius 3 is 2.64 bits per heavy atom. The molecule has 0 amide bonds. The third-order valence-corrected chi connectivity index (χ3v) is 5.65. The van der Waals surface area contributed by atoms with Gasteiger partial charge in [0.05, 0.1) is 14.9 Å². The Morgan fingerprint density at radius 1 is 1.04 bits per heavy atom. The predicted octanol–water partition coefficient (Wildman–Crippen LogP) is 3.90. The van der Waals surface area contributed by atoms with Crippen molar-refractivity contribution in [2.24, 2.45) is 0 Å². The molecule has 0 aliphatic carbocycles. The van der Waals surface area contributed by atoms with Gasteiger partial charge in [0.2, 0.25) is 10.0 Å². The first-order valence-electron chi connectivity index (χ1n) is 7.39. The molecule has 1 N–H and O–H groups in total. The molecule has 0 saturated carbocycles. The molecule has 130 valence electrons. The fourth-order valence-electron chi connectivity index (χ4n) is 2.26. The molecule has 0 aliphatic rings. The van der Waals surface area contributed by atoms with Gasteiger partial charge >= 0.3 is 0 Å². The van der Waals surface area contributed by atoms with Crippen molar-refractivity contribution < 1.29 is 13.2 Å². The Hall–Kier alpha value is -1.86. The molecule has 0 bridgehead atoms. The Kier molecular flexibility index (Phi) is 5.44. The molecular weight excluding hydrogens is 383 g/mol. The van der Waals surface area contributed by atoms with Crippen LogP contribution in [0.1, 0.15) is 0 Å². The summed E-state index contributed by atoms with van der Waals surface area (Å²) in [6, 6.07) is 13.5. The number of pyridine rings is 1. The van der Waals surface area contributed by atoms with E-state index < -0.39 is 10.0 Å². The van der Waals surface area contributed by atoms with Crippen molar-refractivity contribution in [1.82, 2.24) is 9.71 Å². The number of aromatic nitrogens is 1. The van der Waals surface area contributed by atoms with Crippen molar-refractivity contribution in [3.8, 4) is 5.75 Å². The molecule has 2 aromatic carbocycles. The van der Waals surface area contributed by atoms with Crippen LogP contribution in [0.3, 0.4) is 0 Å². The summed E-state index contributed by atoms with van der Waals surface area (Å²) in [5.41, 5.74) is 0.734. The van der Waals surface area contributed by atoms with Crippen molar-refractivity contribution in [1.29, 1.82) is 0 Å². The highest BCUT2D eigenvalue weighted by molar-refractivity contribution is 7.89. The van der Waals surface area contributed by atoms with Crippen LogP contribution in [0, 0.1) is 0 Å². The van der Waals surface area contributed by atoms with Crippen LogP contribution in [-0.4, -0.2) is 26.6 Å². The van der Waals surface area contributed by atoms with Gasteiger partial charge in [-0.3, -0.25) is 4.98 Å². The summed E-state index contributed by atoms with van der Waals surface area (Å²) in [6.45, 7) is 0.266. The smallest absolute Gasteiger partial charge is 0.240 e. The van der Waals surface area contributed by atoms with Gasteiger partial charge in [0.1, 0.15) is 17.9 Å². The molecule has 1 aromatic heterocycles. The first-order valence-corrected chi connectivity index (χ1v) is 9.62. The molecule has 0 aliphatic heterocycles. The van der Waals surface area contributed by atoms with Crippen LogP contribution in [-0.2, 0) is 10.0 Å². The number of ether oxygens (including phenoxy) is 1. The van der Waals surface area contributed by atoms with E-state index >= 15 is 0 Å². The number of hydrogen-bond donors (Lipinski definition) is 1. The lowest BCUT2D eigenvalue weighted by molar-refractivity contribution is 0.326. The van der Waals surface area contributed by atoms with Gasteiger partial charge in [-0.1, -0.05) is 41.4 Å². The van der Waals surface area contributed by atoms with E-state index in [0.717, 1.165) is 10.9 Å². The standard InChI is InChI=1S/C17H14Cl2N2O3S/c18-14-7-6-13(11-15(14)19)25(22,23)21-9-10-24-16-5-1-3-12-4-2-8-20-17(12)16/h1-8,11,21H,9-10H2. The third-order valence-electron chi connectivity index (χ3n) is 3.45. The largest absolute Gasteiger partial charge is 0.490 e. The van der Waals surface area contributed by atoms with Gasteiger partial charge in [-0.15, -0.1) is 0 Å². The van der Waals surface area contributed by atoms with E-state index in [2.05, 4.69) is 9.71 Å². The van der Waals surface area contributed by atoms with E-state index in [9.17, 15) is 8.42 Å². The third kappa shape index (κ3) is 4.22. The molecule has 3 aromatic rings. The van der Waals surface area contributed by atoms with Gasteiger partial charge in [-0.05, 0) is 30.3 Å². The van der Waals surface area contributed by atoms with Gasteiger partial charge in [-0.2, -0.15) is 0 Å². The maximum absolute atomic E-state index is 12.2. The van der Waals surface area contributed by atoms with Crippen LogP contribution in [0.4, 0.5) is 0 Å². The lowest BCUT2D eigenvalue weighted by Gasteiger charge is -2.10. The highest BCUT2D eigenvalue weighted by atomic mass is 35.5. The minimum absolute atomic E-state index is 0.0497. The summed E-state index contributed by atoms with van der Waals surface area (Å²) in [5, 5.41) is 1.44. The second-order valence-electron chi connectivity index (χ2n) is 5.15. The highest BCUT2D eigenvalue weighted by Crippen LogP contribution is 2.25. The van der Waals surface area contributed by atoms with Crippen LogP contribution < -0.4 is 9.46 Å². The Balaban J connectivity index is 1.63. The molecule has 0 atom stereocenters. The van der Waals surface area contributed by atoms with E-state index in [1.165, 1.54) is 18.2 Å². The van der Waals surface area contributed by atoms with E-state index in [4.69, 9.17) is 27.9 Å². The number of halogens is 2. The molecule has 0 fully saturated rings. The zero-order valence-corrected chi connectivity index (χ0v) is 15.3. The Labute approximate surface area is 155 Å². The molecule has 0 saturated heterocycles. The summed E-state index contributed by atoms with van der Waals surface area (Å²) >= 11 is 11.7. The lowest BCUT2D eigenvalue weighted by Crippen LogP contribution is -2.28. The van der Waals surface area contributed by atoms with E-state index in [0.29, 0.717) is 10.8 Å². The molecule has 0 spiro atoms. The number of fused-ring (bicyclic) bond motifs is 1. The van der Waals surface area contributed by atoms with Gasteiger partial charge < -0.3 is 4.74 Å². The van der Waals surface area contributed by atoms with Crippen LogP contribution in [0.15, 0.2) is 59.6 Å². The van der Waals surface area contributed by atoms with Crippen molar-refractivity contribution in [3.63, 3.8) is 0 Å². The van der Waals surface area contributed by atoms with Crippen molar-refractivity contribution in [3.05, 3.63) is 64.8 Å². The van der Waals surface area contributed by atoms with Crippen molar-refractivity contribution >= 4 is 44.1 Å². The second kappa shape index (κ2) is 7.58. The number of hydrogen-bond acceptors (Lipinski definition) is 4. The first-order chi connectivity index (χ1) is 12.0. The van der Waals surface area contributed by atoms with E-state index in [-0.39, 0.29) is 23.1 Å². The maximum atomic E-state index is 12.2. The highest BCUT2D eigenvalue weighted by Gasteiger charge is 2.15. The summed E-state index contributed by atoms with van der Waals surface area (Å²) in [7, 11) is -3.69. The predicted molar refractivity (Wildman–Crippen MR) is 98.9 cm³/mol. The number of sulfonamides is 1. The van der Waals surface area contributed by atoms with Crippen molar-refractivity contribution in [2.75, 3.05) is 13.2 Å². The van der Waals surface area contributed by atoms with Crippen LogP contribution >= 0.6 is 23.2 Å². The quantitative estimate of drug-likeness (QED) is 0.641. The molecule has 1 heterocycles. The van der Waals surface area contributed by atoms with Crippen LogP contribution in [0.25, 0.3) is 10.9 Å². The van der Waals surface area contributed by atoms with Gasteiger partial charge in [0, 0.05) is 18.1 Å². The zero-order valence-electron chi connectivity index (χ0n) is 12.9. The minimum Gasteiger partial charge on any atom is -0.490 e. The summed E-state index contributed by atoms with van der Waals surface area (Å²) < 4.78 is 32.6. The summed E-state index contributed by atoms with van der Waals surface area (Å²) in [4.78, 5) is 4.33. The van der Waals surface area contributed by atoms with Gasteiger partial charge in [0.25, 0.3) is 0 Å². The SMILES string of the molecule is O=S(=O)(NCCOc1cccc2cccnc12)c1ccc(Cl)c(Cl)c1. The van der Waals surface area contributed by atoms with Gasteiger partial charge in [0.15, 0.2) is 0 Å². The van der Waals surface area contributed by atoms with Crippen molar-refractivity contribution in [2.45, 2.75) is 4.90 Å². The fourth-order valence-corrected chi connectivity index (χ4v) is 3.66. The molecular formula is C17H14Cl2N2O3S. The molecule has 8 heteroatoms. The molecule has 25 heavy (non-hydrogen) atoms. The Morgan fingerprint density at radius 2 is 1.84 bits per heavy atom. The fraction of sp³-hybridized carbons (Fsp3) is 0.118. The van der Waals surface area contributed by atoms with E-state index in [1.54, 1.807) is 12.3 Å². The topological polar surface area (TPSA) is 68.3 Å². The summed E-state index contributed by atoms with van der Waals surface area (Å²) in [6.07, 6.45) is 1.68. The number of para-hydroxylation sites is 1. The number of rotatable bonds is 6.